The topological polar surface area (TPSA) is 132 Å². The van der Waals surface area contributed by atoms with Crippen LogP contribution in [-0.2, 0) is 38.1 Å². The molecular formula is C39H50N2O9. The smallest absolute Gasteiger partial charge is 0.319 e. The number of esters is 2. The molecule has 7 atom stereocenters. The van der Waals surface area contributed by atoms with E-state index >= 15 is 0 Å². The predicted octanol–water partition coefficient (Wildman–Crippen LogP) is 4.96. The van der Waals surface area contributed by atoms with Gasteiger partial charge in [-0.25, -0.2) is 0 Å². The fraction of sp³-hybridized carbons (Fsp3) is 0.538. The first-order valence-electron chi connectivity index (χ1n) is 17.2. The van der Waals surface area contributed by atoms with Crippen LogP contribution in [-0.4, -0.2) is 82.5 Å². The maximum Gasteiger partial charge on any atom is 0.319 e. The van der Waals surface area contributed by atoms with Crippen molar-refractivity contribution in [2.75, 3.05) is 26.3 Å². The zero-order chi connectivity index (χ0) is 36.6. The van der Waals surface area contributed by atoms with Gasteiger partial charge >= 0.3 is 11.9 Å². The van der Waals surface area contributed by atoms with Gasteiger partial charge in [-0.1, -0.05) is 60.7 Å². The normalized spacial score (nSPS) is 28.5. The van der Waals surface area contributed by atoms with Gasteiger partial charge in [0.25, 0.3) is 0 Å². The van der Waals surface area contributed by atoms with E-state index in [1.165, 1.54) is 6.26 Å². The average molecular weight is 691 g/mol. The van der Waals surface area contributed by atoms with Gasteiger partial charge < -0.3 is 33.9 Å². The molecule has 6 rings (SSSR count). The second-order valence-electron chi connectivity index (χ2n) is 15.7. The summed E-state index contributed by atoms with van der Waals surface area (Å²) in [5, 5.41) is 10.2. The van der Waals surface area contributed by atoms with E-state index in [1.54, 1.807) is 36.6 Å². The SMILES string of the molecule is C[C@H](c1ccccc1)N1C[C@]2(C(=O)OC(C)(C)C)COC(O)C2C1=O.C[C@H](c1ccccc1)N1C[C@]2(C(=O)OC(C)(C)C)COC=C[C@@H]2C1=O. The van der Waals surface area contributed by atoms with Gasteiger partial charge in [-0.05, 0) is 72.6 Å². The molecule has 50 heavy (non-hydrogen) atoms. The van der Waals surface area contributed by atoms with Gasteiger partial charge in [0.05, 0.1) is 30.9 Å². The molecule has 0 aromatic heterocycles. The van der Waals surface area contributed by atoms with E-state index in [9.17, 15) is 24.3 Å². The molecule has 4 heterocycles. The van der Waals surface area contributed by atoms with Crippen molar-refractivity contribution in [1.29, 1.82) is 0 Å². The lowest BCUT2D eigenvalue weighted by Crippen LogP contribution is -2.47. The number of amides is 2. The Morgan fingerprint density at radius 2 is 1.22 bits per heavy atom. The molecule has 1 N–H and O–H groups in total. The van der Waals surface area contributed by atoms with Crippen LogP contribution >= 0.6 is 0 Å². The summed E-state index contributed by atoms with van der Waals surface area (Å²) in [6.07, 6.45) is 1.92. The number of fused-ring (bicyclic) bond motifs is 2. The molecule has 2 aromatic rings. The van der Waals surface area contributed by atoms with Crippen molar-refractivity contribution in [2.24, 2.45) is 22.7 Å². The van der Waals surface area contributed by atoms with Crippen molar-refractivity contribution in [2.45, 2.75) is 85.0 Å². The number of hydrogen-bond donors (Lipinski definition) is 1. The Kier molecular flexibility index (Phi) is 10.2. The third-order valence-corrected chi connectivity index (χ3v) is 9.81. The summed E-state index contributed by atoms with van der Waals surface area (Å²) >= 11 is 0. The van der Waals surface area contributed by atoms with Crippen molar-refractivity contribution in [3.8, 4) is 0 Å². The van der Waals surface area contributed by atoms with Crippen molar-refractivity contribution in [3.63, 3.8) is 0 Å². The van der Waals surface area contributed by atoms with Crippen molar-refractivity contribution >= 4 is 23.8 Å². The van der Waals surface area contributed by atoms with Crippen molar-refractivity contribution in [1.82, 2.24) is 9.80 Å². The predicted molar refractivity (Wildman–Crippen MR) is 184 cm³/mol. The Hall–Kier alpha value is -4.22. The summed E-state index contributed by atoms with van der Waals surface area (Å²) in [5.41, 5.74) is -1.41. The number of aliphatic hydroxyl groups is 1. The molecule has 2 amide bonds. The first-order chi connectivity index (χ1) is 23.4. The van der Waals surface area contributed by atoms with E-state index < -0.39 is 46.1 Å². The van der Waals surface area contributed by atoms with Gasteiger partial charge in [0.15, 0.2) is 6.29 Å². The number of benzene rings is 2. The number of nitrogens with zero attached hydrogens (tertiary/aromatic N) is 2. The molecule has 0 spiro atoms. The highest BCUT2D eigenvalue weighted by Crippen LogP contribution is 2.49. The molecule has 0 bridgehead atoms. The molecule has 3 saturated heterocycles. The quantitative estimate of drug-likeness (QED) is 0.418. The maximum atomic E-state index is 13.0. The monoisotopic (exact) mass is 690 g/mol. The lowest BCUT2D eigenvalue weighted by Gasteiger charge is -2.34. The van der Waals surface area contributed by atoms with Crippen molar-refractivity contribution in [3.05, 3.63) is 84.1 Å². The summed E-state index contributed by atoms with van der Waals surface area (Å²) in [5.74, 6) is -2.65. The minimum Gasteiger partial charge on any atom is -0.500 e. The lowest BCUT2D eigenvalue weighted by atomic mass is 9.77. The van der Waals surface area contributed by atoms with Crippen LogP contribution in [0.3, 0.4) is 0 Å². The van der Waals surface area contributed by atoms with E-state index in [-0.39, 0.29) is 49.6 Å². The van der Waals surface area contributed by atoms with Crippen LogP contribution in [0.4, 0.5) is 0 Å². The number of rotatable bonds is 6. The van der Waals surface area contributed by atoms with Crippen LogP contribution in [0.5, 0.6) is 0 Å². The third kappa shape index (κ3) is 7.16. The van der Waals surface area contributed by atoms with E-state index in [0.29, 0.717) is 6.54 Å². The molecule has 4 aliphatic heterocycles. The van der Waals surface area contributed by atoms with Gasteiger partial charge in [-0.15, -0.1) is 0 Å². The number of likely N-dealkylation sites (tertiary alicyclic amines) is 2. The number of aliphatic hydroxyl groups excluding tert-OH is 1. The zero-order valence-electron chi connectivity index (χ0n) is 30.3. The summed E-state index contributed by atoms with van der Waals surface area (Å²) < 4.78 is 21.9. The second kappa shape index (κ2) is 13.8. The lowest BCUT2D eigenvalue weighted by molar-refractivity contribution is -0.173. The summed E-state index contributed by atoms with van der Waals surface area (Å²) in [7, 11) is 0. The van der Waals surface area contributed by atoms with Gasteiger partial charge in [-0.2, -0.15) is 0 Å². The minimum absolute atomic E-state index is 0.0164. The van der Waals surface area contributed by atoms with Crippen LogP contribution in [0.15, 0.2) is 73.0 Å². The van der Waals surface area contributed by atoms with E-state index in [1.807, 2.05) is 95.3 Å². The van der Waals surface area contributed by atoms with Crippen molar-refractivity contribution < 1.29 is 43.2 Å². The Balaban J connectivity index is 0.000000194. The highest BCUT2D eigenvalue weighted by molar-refractivity contribution is 5.94. The number of carbonyl (C=O) groups is 4. The molecule has 11 heteroatoms. The summed E-state index contributed by atoms with van der Waals surface area (Å²) in [6.45, 7) is 15.4. The van der Waals surface area contributed by atoms with Gasteiger partial charge in [0.1, 0.15) is 34.6 Å². The number of hydrogen-bond acceptors (Lipinski definition) is 9. The molecule has 0 saturated carbocycles. The second-order valence-corrected chi connectivity index (χ2v) is 15.7. The third-order valence-electron chi connectivity index (χ3n) is 9.81. The highest BCUT2D eigenvalue weighted by atomic mass is 16.6. The number of carbonyl (C=O) groups excluding carboxylic acids is 4. The summed E-state index contributed by atoms with van der Waals surface area (Å²) in [6, 6.07) is 19.1. The average Bonchev–Trinajstić information content (AvgIpc) is 3.68. The van der Waals surface area contributed by atoms with Crippen LogP contribution in [0.1, 0.15) is 78.6 Å². The molecule has 0 aliphatic carbocycles. The van der Waals surface area contributed by atoms with E-state index in [0.717, 1.165) is 11.1 Å². The largest absolute Gasteiger partial charge is 0.500 e. The van der Waals surface area contributed by atoms with E-state index in [4.69, 9.17) is 18.9 Å². The van der Waals surface area contributed by atoms with Crippen LogP contribution < -0.4 is 0 Å². The maximum absolute atomic E-state index is 13.0. The van der Waals surface area contributed by atoms with Crippen LogP contribution in [0.2, 0.25) is 0 Å². The molecule has 270 valence electrons. The van der Waals surface area contributed by atoms with Crippen LogP contribution in [0, 0.1) is 22.7 Å². The molecule has 2 aromatic carbocycles. The Labute approximate surface area is 294 Å². The molecule has 3 fully saturated rings. The van der Waals surface area contributed by atoms with Gasteiger partial charge in [0, 0.05) is 13.1 Å². The zero-order valence-corrected chi connectivity index (χ0v) is 30.3. The fourth-order valence-electron chi connectivity index (χ4n) is 7.12. The van der Waals surface area contributed by atoms with Gasteiger partial charge in [0.2, 0.25) is 11.8 Å². The molecule has 2 unspecified atom stereocenters. The Morgan fingerprint density at radius 3 is 1.72 bits per heavy atom. The van der Waals surface area contributed by atoms with E-state index in [2.05, 4.69) is 0 Å². The molecule has 0 radical (unpaired) electrons. The Bertz CT molecular complexity index is 1600. The van der Waals surface area contributed by atoms with Gasteiger partial charge in [-0.3, -0.25) is 19.2 Å². The minimum atomic E-state index is -1.28. The fourth-order valence-corrected chi connectivity index (χ4v) is 7.12. The first-order valence-corrected chi connectivity index (χ1v) is 17.2. The molecule has 11 nitrogen and oxygen atoms in total. The highest BCUT2D eigenvalue weighted by Gasteiger charge is 2.66. The first kappa shape index (κ1) is 37.0. The standard InChI is InChI=1S/C20H25NO4.C19H25NO5/c1-14(15-8-6-5-7-9-15)21-12-20(18(23)25-19(2,3)4)13-24-11-10-16(20)17(21)22;1-12(13-8-6-5-7-9-13)20-10-19(17(23)25-18(2,3)4)11-24-16(22)14(19)15(20)21/h5-11,14,16H,12-13H2,1-4H3;5-9,12,14,16,22H,10-11H2,1-4H3/t14-,16-,20+;12-,14?,16?,19+/m11/s1. The van der Waals surface area contributed by atoms with Crippen LogP contribution in [0.25, 0.3) is 0 Å². The Morgan fingerprint density at radius 1 is 0.760 bits per heavy atom. The molecule has 4 aliphatic rings. The summed E-state index contributed by atoms with van der Waals surface area (Å²) in [4.78, 5) is 55.2. The number of ether oxygens (including phenoxy) is 4. The molecular weight excluding hydrogens is 640 g/mol.